The number of nitrogens with one attached hydrogen (secondary N) is 1. The van der Waals surface area contributed by atoms with E-state index in [1.165, 1.54) is 6.42 Å². The van der Waals surface area contributed by atoms with Gasteiger partial charge in [0.05, 0.1) is 12.9 Å². The second-order valence-electron chi connectivity index (χ2n) is 4.05. The molecule has 84 valence electrons. The molecule has 0 radical (unpaired) electrons. The molecule has 0 bridgehead atoms. The van der Waals surface area contributed by atoms with Gasteiger partial charge in [-0.1, -0.05) is 6.92 Å². The SMILES string of the molecule is CCNC(Cn1ccnc1)C1CCOC1. The van der Waals surface area contributed by atoms with Gasteiger partial charge in [-0.2, -0.15) is 0 Å². The van der Waals surface area contributed by atoms with Crippen LogP contribution in [0, 0.1) is 5.92 Å². The Morgan fingerprint density at radius 3 is 3.20 bits per heavy atom. The summed E-state index contributed by atoms with van der Waals surface area (Å²) in [7, 11) is 0. The predicted octanol–water partition coefficient (Wildman–Crippen LogP) is 0.898. The van der Waals surface area contributed by atoms with Crippen LogP contribution in [0.4, 0.5) is 0 Å². The Hall–Kier alpha value is -0.870. The molecule has 1 saturated heterocycles. The van der Waals surface area contributed by atoms with Crippen molar-refractivity contribution in [2.24, 2.45) is 5.92 Å². The molecule has 1 aliphatic heterocycles. The quantitative estimate of drug-likeness (QED) is 0.783. The largest absolute Gasteiger partial charge is 0.381 e. The molecule has 0 amide bonds. The highest BCUT2D eigenvalue weighted by molar-refractivity contribution is 4.83. The van der Waals surface area contributed by atoms with Gasteiger partial charge in [-0.25, -0.2) is 4.98 Å². The van der Waals surface area contributed by atoms with E-state index in [1.54, 1.807) is 0 Å². The van der Waals surface area contributed by atoms with E-state index in [0.717, 1.165) is 26.3 Å². The van der Waals surface area contributed by atoms with Crippen LogP contribution < -0.4 is 5.32 Å². The molecule has 0 spiro atoms. The van der Waals surface area contributed by atoms with E-state index in [0.29, 0.717) is 12.0 Å². The first-order chi connectivity index (χ1) is 7.40. The van der Waals surface area contributed by atoms with Gasteiger partial charge in [-0.15, -0.1) is 0 Å². The molecular weight excluding hydrogens is 190 g/mol. The van der Waals surface area contributed by atoms with Crippen LogP contribution in [0.2, 0.25) is 0 Å². The second kappa shape index (κ2) is 5.28. The van der Waals surface area contributed by atoms with Gasteiger partial charge < -0.3 is 14.6 Å². The Morgan fingerprint density at radius 2 is 2.60 bits per heavy atom. The molecular formula is C11H19N3O. The van der Waals surface area contributed by atoms with Crippen LogP contribution in [0.25, 0.3) is 0 Å². The average Bonchev–Trinajstić information content (AvgIpc) is 2.89. The summed E-state index contributed by atoms with van der Waals surface area (Å²) in [5.41, 5.74) is 0. The maximum atomic E-state index is 5.44. The van der Waals surface area contributed by atoms with E-state index < -0.39 is 0 Å². The molecule has 15 heavy (non-hydrogen) atoms. The summed E-state index contributed by atoms with van der Waals surface area (Å²) in [4.78, 5) is 4.07. The number of imidazole rings is 1. The number of hydrogen-bond acceptors (Lipinski definition) is 3. The standard InChI is InChI=1S/C11H19N3O/c1-2-13-11(10-3-6-15-8-10)7-14-5-4-12-9-14/h4-5,9-11,13H,2-3,6-8H2,1H3. The van der Waals surface area contributed by atoms with Gasteiger partial charge in [0.15, 0.2) is 0 Å². The number of aromatic nitrogens is 2. The second-order valence-corrected chi connectivity index (χ2v) is 4.05. The fraction of sp³-hybridized carbons (Fsp3) is 0.727. The van der Waals surface area contributed by atoms with Crippen LogP contribution in [0.1, 0.15) is 13.3 Å². The number of hydrogen-bond donors (Lipinski definition) is 1. The van der Waals surface area contributed by atoms with Crippen LogP contribution in [0.3, 0.4) is 0 Å². The number of rotatable bonds is 5. The fourth-order valence-electron chi connectivity index (χ4n) is 2.13. The Bertz CT molecular complexity index is 267. The van der Waals surface area contributed by atoms with Crippen molar-refractivity contribution in [1.29, 1.82) is 0 Å². The van der Waals surface area contributed by atoms with Crippen molar-refractivity contribution in [3.63, 3.8) is 0 Å². The summed E-state index contributed by atoms with van der Waals surface area (Å²) < 4.78 is 7.57. The van der Waals surface area contributed by atoms with Crippen LogP contribution in [-0.4, -0.2) is 35.4 Å². The Morgan fingerprint density at radius 1 is 1.67 bits per heavy atom. The minimum atomic E-state index is 0.506. The molecule has 1 aromatic heterocycles. The van der Waals surface area contributed by atoms with Gasteiger partial charge in [-0.05, 0) is 13.0 Å². The van der Waals surface area contributed by atoms with E-state index in [1.807, 2.05) is 18.7 Å². The van der Waals surface area contributed by atoms with Crippen molar-refractivity contribution in [3.05, 3.63) is 18.7 Å². The van der Waals surface area contributed by atoms with Crippen molar-refractivity contribution < 1.29 is 4.74 Å². The fourth-order valence-corrected chi connectivity index (χ4v) is 2.13. The van der Waals surface area contributed by atoms with Gasteiger partial charge in [-0.3, -0.25) is 0 Å². The van der Waals surface area contributed by atoms with Crippen molar-refractivity contribution in [2.75, 3.05) is 19.8 Å². The first-order valence-electron chi connectivity index (χ1n) is 5.67. The van der Waals surface area contributed by atoms with Crippen LogP contribution >= 0.6 is 0 Å². The minimum Gasteiger partial charge on any atom is -0.381 e. The maximum absolute atomic E-state index is 5.44. The van der Waals surface area contributed by atoms with E-state index in [4.69, 9.17) is 4.74 Å². The number of nitrogens with zero attached hydrogens (tertiary/aromatic N) is 2. The lowest BCUT2D eigenvalue weighted by Gasteiger charge is -2.23. The van der Waals surface area contributed by atoms with Crippen molar-refractivity contribution in [2.45, 2.75) is 25.9 Å². The highest BCUT2D eigenvalue weighted by Gasteiger charge is 2.25. The van der Waals surface area contributed by atoms with Crippen LogP contribution in [0.5, 0.6) is 0 Å². The summed E-state index contributed by atoms with van der Waals surface area (Å²) in [6.45, 7) is 5.96. The lowest BCUT2D eigenvalue weighted by atomic mass is 9.99. The molecule has 1 fully saturated rings. The molecule has 0 aliphatic carbocycles. The summed E-state index contributed by atoms with van der Waals surface area (Å²) in [6, 6.07) is 0.506. The van der Waals surface area contributed by atoms with Gasteiger partial charge >= 0.3 is 0 Å². The van der Waals surface area contributed by atoms with Gasteiger partial charge in [0.2, 0.25) is 0 Å². The molecule has 2 atom stereocenters. The van der Waals surface area contributed by atoms with Crippen molar-refractivity contribution >= 4 is 0 Å². The van der Waals surface area contributed by atoms with E-state index in [-0.39, 0.29) is 0 Å². The van der Waals surface area contributed by atoms with Crippen molar-refractivity contribution in [3.8, 4) is 0 Å². The molecule has 1 N–H and O–H groups in total. The zero-order valence-electron chi connectivity index (χ0n) is 9.22. The molecule has 4 heteroatoms. The summed E-state index contributed by atoms with van der Waals surface area (Å²) in [6.07, 6.45) is 6.89. The first-order valence-corrected chi connectivity index (χ1v) is 5.67. The Kier molecular flexibility index (Phi) is 3.75. The summed E-state index contributed by atoms with van der Waals surface area (Å²) >= 11 is 0. The minimum absolute atomic E-state index is 0.506. The van der Waals surface area contributed by atoms with Gasteiger partial charge in [0, 0.05) is 37.5 Å². The van der Waals surface area contributed by atoms with Gasteiger partial charge in [0.1, 0.15) is 0 Å². The normalized spacial score (nSPS) is 23.1. The smallest absolute Gasteiger partial charge is 0.0946 e. The monoisotopic (exact) mass is 209 g/mol. The Labute approximate surface area is 90.6 Å². The topological polar surface area (TPSA) is 39.1 Å². The third kappa shape index (κ3) is 2.79. The molecule has 1 aromatic rings. The first kappa shape index (κ1) is 10.6. The van der Waals surface area contributed by atoms with Crippen LogP contribution in [0.15, 0.2) is 18.7 Å². The van der Waals surface area contributed by atoms with E-state index >= 15 is 0 Å². The maximum Gasteiger partial charge on any atom is 0.0946 e. The molecule has 2 heterocycles. The zero-order valence-corrected chi connectivity index (χ0v) is 9.22. The van der Waals surface area contributed by atoms with Gasteiger partial charge in [0.25, 0.3) is 0 Å². The van der Waals surface area contributed by atoms with E-state index in [2.05, 4.69) is 21.8 Å². The van der Waals surface area contributed by atoms with E-state index in [9.17, 15) is 0 Å². The molecule has 0 aromatic carbocycles. The zero-order chi connectivity index (χ0) is 10.5. The average molecular weight is 209 g/mol. The van der Waals surface area contributed by atoms with Crippen LogP contribution in [-0.2, 0) is 11.3 Å². The number of likely N-dealkylation sites (N-methyl/N-ethyl adjacent to an activating group) is 1. The molecule has 2 unspecified atom stereocenters. The lowest BCUT2D eigenvalue weighted by Crippen LogP contribution is -2.39. The Balaban J connectivity index is 1.93. The molecule has 0 saturated carbocycles. The lowest BCUT2D eigenvalue weighted by molar-refractivity contribution is 0.174. The number of ether oxygens (including phenoxy) is 1. The molecule has 2 rings (SSSR count). The highest BCUT2D eigenvalue weighted by Crippen LogP contribution is 2.17. The third-order valence-corrected chi connectivity index (χ3v) is 2.97. The summed E-state index contributed by atoms with van der Waals surface area (Å²) in [5, 5.41) is 3.53. The summed E-state index contributed by atoms with van der Waals surface area (Å²) in [5.74, 6) is 0.646. The predicted molar refractivity (Wildman–Crippen MR) is 58.6 cm³/mol. The third-order valence-electron chi connectivity index (χ3n) is 2.97. The molecule has 1 aliphatic rings. The highest BCUT2D eigenvalue weighted by atomic mass is 16.5. The van der Waals surface area contributed by atoms with Crippen molar-refractivity contribution in [1.82, 2.24) is 14.9 Å². The molecule has 4 nitrogen and oxygen atoms in total.